The molecule has 1 amide bonds. The van der Waals surface area contributed by atoms with E-state index in [0.717, 1.165) is 40.6 Å². The van der Waals surface area contributed by atoms with Gasteiger partial charge in [0, 0.05) is 10.5 Å². The van der Waals surface area contributed by atoms with E-state index in [1.54, 1.807) is 0 Å². The minimum Gasteiger partial charge on any atom is -0.444 e. The summed E-state index contributed by atoms with van der Waals surface area (Å²) in [6, 6.07) is 6.26. The second kappa shape index (κ2) is 5.48. The summed E-state index contributed by atoms with van der Waals surface area (Å²) in [6.45, 7) is 5.73. The summed E-state index contributed by atoms with van der Waals surface area (Å²) < 4.78 is 6.67. The molecule has 2 aromatic rings. The zero-order valence-corrected chi connectivity index (χ0v) is 15.8. The number of hydrogen-bond donors (Lipinski definition) is 1. The highest BCUT2D eigenvalue weighted by molar-refractivity contribution is 9.10. The Bertz CT molecular complexity index is 795. The van der Waals surface area contributed by atoms with Crippen LogP contribution in [0.4, 0.5) is 4.79 Å². The summed E-state index contributed by atoms with van der Waals surface area (Å²) in [5.41, 5.74) is 1.44. The average Bonchev–Trinajstić information content (AvgIpc) is 3.17. The summed E-state index contributed by atoms with van der Waals surface area (Å²) in [4.78, 5) is 22.9. The van der Waals surface area contributed by atoms with E-state index in [9.17, 15) is 4.79 Å². The van der Waals surface area contributed by atoms with Crippen molar-refractivity contribution in [3.05, 3.63) is 28.5 Å². The first-order valence-electron chi connectivity index (χ1n) is 8.48. The predicted molar refractivity (Wildman–Crippen MR) is 95.7 cm³/mol. The molecule has 24 heavy (non-hydrogen) atoms. The quantitative estimate of drug-likeness (QED) is 0.760. The van der Waals surface area contributed by atoms with Gasteiger partial charge in [0.25, 0.3) is 0 Å². The Labute approximate surface area is 149 Å². The number of hydrogen-bond acceptors (Lipinski definition) is 3. The van der Waals surface area contributed by atoms with Gasteiger partial charge in [0.2, 0.25) is 0 Å². The first-order chi connectivity index (χ1) is 11.3. The van der Waals surface area contributed by atoms with Crippen LogP contribution >= 0.6 is 15.9 Å². The topological polar surface area (TPSA) is 58.2 Å². The van der Waals surface area contributed by atoms with E-state index >= 15 is 0 Å². The number of amides is 1. The van der Waals surface area contributed by atoms with E-state index in [1.807, 2.05) is 43.9 Å². The summed E-state index contributed by atoms with van der Waals surface area (Å²) in [5, 5.41) is 0. The Morgan fingerprint density at radius 2 is 2.17 bits per heavy atom. The highest BCUT2D eigenvalue weighted by Crippen LogP contribution is 2.50. The number of aromatic amines is 1. The molecule has 2 bridgehead atoms. The van der Waals surface area contributed by atoms with Crippen LogP contribution in [0.5, 0.6) is 0 Å². The van der Waals surface area contributed by atoms with Crippen LogP contribution in [0, 0.1) is 5.92 Å². The molecule has 128 valence electrons. The smallest absolute Gasteiger partial charge is 0.411 e. The minimum absolute atomic E-state index is 0.00947. The van der Waals surface area contributed by atoms with Crippen molar-refractivity contribution in [3.8, 4) is 0 Å². The summed E-state index contributed by atoms with van der Waals surface area (Å²) in [5.74, 6) is 1.34. The number of H-pyrrole nitrogens is 1. The van der Waals surface area contributed by atoms with E-state index < -0.39 is 5.60 Å². The second-order valence-electron chi connectivity index (χ2n) is 7.84. The third-order valence-corrected chi connectivity index (χ3v) is 5.43. The van der Waals surface area contributed by atoms with Crippen molar-refractivity contribution < 1.29 is 9.53 Å². The Hall–Kier alpha value is -1.56. The highest BCUT2D eigenvalue weighted by Gasteiger charge is 2.51. The van der Waals surface area contributed by atoms with E-state index in [-0.39, 0.29) is 18.2 Å². The van der Waals surface area contributed by atoms with Gasteiger partial charge in [-0.15, -0.1) is 0 Å². The van der Waals surface area contributed by atoms with Gasteiger partial charge in [0.15, 0.2) is 0 Å². The molecule has 2 fully saturated rings. The number of carbonyl (C=O) groups excluding carboxylic acids is 1. The standard InChI is InChI=1S/C18H22BrN3O2/c1-18(2,3)24-17(23)22-12-6-4-10(8-12)15(22)16-20-13-7-5-11(19)9-14(13)21-16/h5,7,9-10,12,15H,4,6,8H2,1-3H3,(H,20,21)/t10-,12?,15-/m0/s1. The molecule has 6 heteroatoms. The number of rotatable bonds is 1. The van der Waals surface area contributed by atoms with Gasteiger partial charge < -0.3 is 9.72 Å². The monoisotopic (exact) mass is 391 g/mol. The Morgan fingerprint density at radius 1 is 1.38 bits per heavy atom. The van der Waals surface area contributed by atoms with Crippen LogP contribution in [0.15, 0.2) is 22.7 Å². The molecule has 1 N–H and O–H groups in total. The zero-order chi connectivity index (χ0) is 17.1. The van der Waals surface area contributed by atoms with Crippen molar-refractivity contribution >= 4 is 33.1 Å². The van der Waals surface area contributed by atoms with E-state index in [1.165, 1.54) is 0 Å². The minimum atomic E-state index is -0.484. The lowest BCUT2D eigenvalue weighted by Gasteiger charge is -2.35. The number of carbonyl (C=O) groups is 1. The summed E-state index contributed by atoms with van der Waals surface area (Å²) in [6.07, 6.45) is 3.04. The Morgan fingerprint density at radius 3 is 2.92 bits per heavy atom. The van der Waals surface area contributed by atoms with Crippen LogP contribution in [-0.2, 0) is 4.74 Å². The maximum atomic E-state index is 12.8. The van der Waals surface area contributed by atoms with E-state index in [4.69, 9.17) is 9.72 Å². The largest absolute Gasteiger partial charge is 0.444 e. The van der Waals surface area contributed by atoms with Gasteiger partial charge in [-0.2, -0.15) is 0 Å². The molecule has 1 saturated carbocycles. The zero-order valence-electron chi connectivity index (χ0n) is 14.2. The number of piperidine rings is 1. The van der Waals surface area contributed by atoms with Crippen LogP contribution in [-0.4, -0.2) is 32.6 Å². The van der Waals surface area contributed by atoms with Crippen molar-refractivity contribution in [2.24, 2.45) is 5.92 Å². The lowest BCUT2D eigenvalue weighted by Crippen LogP contribution is -2.43. The molecule has 1 aliphatic heterocycles. The molecule has 1 unspecified atom stereocenters. The van der Waals surface area contributed by atoms with Crippen LogP contribution in [0.2, 0.25) is 0 Å². The molecule has 5 nitrogen and oxygen atoms in total. The Balaban J connectivity index is 1.69. The highest BCUT2D eigenvalue weighted by atomic mass is 79.9. The summed E-state index contributed by atoms with van der Waals surface area (Å²) >= 11 is 3.49. The number of aromatic nitrogens is 2. The number of benzene rings is 1. The van der Waals surface area contributed by atoms with Crippen LogP contribution in [0.25, 0.3) is 11.0 Å². The van der Waals surface area contributed by atoms with E-state index in [0.29, 0.717) is 5.92 Å². The molecule has 3 atom stereocenters. The second-order valence-corrected chi connectivity index (χ2v) is 8.76. The first kappa shape index (κ1) is 15.9. The average molecular weight is 392 g/mol. The number of fused-ring (bicyclic) bond motifs is 3. The molecular weight excluding hydrogens is 370 g/mol. The van der Waals surface area contributed by atoms with Gasteiger partial charge in [-0.25, -0.2) is 9.78 Å². The molecule has 2 aliphatic rings. The molecule has 1 saturated heterocycles. The van der Waals surface area contributed by atoms with Gasteiger partial charge >= 0.3 is 6.09 Å². The maximum Gasteiger partial charge on any atom is 0.411 e. The van der Waals surface area contributed by atoms with Crippen LogP contribution in [0.1, 0.15) is 51.9 Å². The van der Waals surface area contributed by atoms with Gasteiger partial charge in [-0.3, -0.25) is 4.90 Å². The molecule has 0 spiro atoms. The van der Waals surface area contributed by atoms with E-state index in [2.05, 4.69) is 20.9 Å². The Kier molecular flexibility index (Phi) is 3.64. The van der Waals surface area contributed by atoms with Gasteiger partial charge in [-0.05, 0) is 64.2 Å². The van der Waals surface area contributed by atoms with Crippen molar-refractivity contribution in [2.75, 3.05) is 0 Å². The summed E-state index contributed by atoms with van der Waals surface area (Å²) in [7, 11) is 0. The van der Waals surface area contributed by atoms with Gasteiger partial charge in [0.05, 0.1) is 17.1 Å². The van der Waals surface area contributed by atoms with Gasteiger partial charge in [-0.1, -0.05) is 15.9 Å². The molecule has 1 aromatic heterocycles. The number of halogens is 1. The lowest BCUT2D eigenvalue weighted by molar-refractivity contribution is 0.00623. The number of nitrogens with one attached hydrogen (secondary N) is 1. The van der Waals surface area contributed by atoms with Crippen LogP contribution < -0.4 is 0 Å². The van der Waals surface area contributed by atoms with Crippen LogP contribution in [0.3, 0.4) is 0 Å². The molecule has 1 aromatic carbocycles. The predicted octanol–water partition coefficient (Wildman–Crippen LogP) is 4.79. The lowest BCUT2D eigenvalue weighted by atomic mass is 9.98. The number of ether oxygens (including phenoxy) is 1. The van der Waals surface area contributed by atoms with Crippen molar-refractivity contribution in [3.63, 3.8) is 0 Å². The molecule has 2 heterocycles. The number of likely N-dealkylation sites (tertiary alicyclic amines) is 1. The van der Waals surface area contributed by atoms with Gasteiger partial charge in [0.1, 0.15) is 11.4 Å². The normalized spacial score (nSPS) is 26.3. The third-order valence-electron chi connectivity index (χ3n) is 4.93. The SMILES string of the molecule is CC(C)(C)OC(=O)N1C2CC[C@@H](C2)[C@H]1c1nc2ccc(Br)cc2[nH]1. The fraction of sp³-hybridized carbons (Fsp3) is 0.556. The molecular formula is C18H22BrN3O2. The van der Waals surface area contributed by atoms with Crippen molar-refractivity contribution in [1.82, 2.24) is 14.9 Å². The molecule has 1 aliphatic carbocycles. The fourth-order valence-electron chi connectivity index (χ4n) is 4.06. The fourth-order valence-corrected chi connectivity index (χ4v) is 4.42. The maximum absolute atomic E-state index is 12.8. The molecule has 0 radical (unpaired) electrons. The third kappa shape index (κ3) is 2.70. The first-order valence-corrected chi connectivity index (χ1v) is 9.27. The van der Waals surface area contributed by atoms with Crippen molar-refractivity contribution in [2.45, 2.75) is 57.7 Å². The number of nitrogens with zero attached hydrogens (tertiary/aromatic N) is 2. The molecule has 4 rings (SSSR count). The number of imidazole rings is 1. The van der Waals surface area contributed by atoms with Crippen molar-refractivity contribution in [1.29, 1.82) is 0 Å².